The first-order valence-corrected chi connectivity index (χ1v) is 10.8. The van der Waals surface area contributed by atoms with Crippen molar-refractivity contribution in [3.8, 4) is 0 Å². The highest BCUT2D eigenvalue weighted by Gasteiger charge is 2.22. The maximum atomic E-state index is 12.7. The van der Waals surface area contributed by atoms with Gasteiger partial charge in [-0.15, -0.1) is 0 Å². The predicted molar refractivity (Wildman–Crippen MR) is 122 cm³/mol. The second-order valence-corrected chi connectivity index (χ2v) is 7.87. The summed E-state index contributed by atoms with van der Waals surface area (Å²) in [5, 5.41) is 3.39. The average molecular weight is 406 g/mol. The van der Waals surface area contributed by atoms with Crippen LogP contribution in [-0.4, -0.2) is 68.0 Å². The standard InChI is InChI=1S/C24H31N5O/c1-25-24(29-14-12-20-7-5-6-8-21(20)19-29)26-13-11-23(30)28-17-15-27(16-18-28)22-9-3-2-4-10-22/h2-10H,11-19H2,1H3,(H,25,26). The molecule has 0 aromatic heterocycles. The number of nitrogens with one attached hydrogen (secondary N) is 1. The van der Waals surface area contributed by atoms with E-state index in [-0.39, 0.29) is 5.91 Å². The monoisotopic (exact) mass is 405 g/mol. The number of rotatable bonds is 4. The van der Waals surface area contributed by atoms with Gasteiger partial charge in [-0.05, 0) is 29.7 Å². The van der Waals surface area contributed by atoms with E-state index in [0.717, 1.165) is 51.6 Å². The molecule has 0 spiro atoms. The average Bonchev–Trinajstić information content (AvgIpc) is 2.82. The van der Waals surface area contributed by atoms with Gasteiger partial charge in [-0.1, -0.05) is 42.5 Å². The third kappa shape index (κ3) is 4.75. The Morgan fingerprint density at radius 3 is 2.33 bits per heavy atom. The van der Waals surface area contributed by atoms with Crippen molar-refractivity contribution in [2.24, 2.45) is 4.99 Å². The quantitative estimate of drug-likeness (QED) is 0.627. The number of benzene rings is 2. The molecule has 2 aliphatic heterocycles. The van der Waals surface area contributed by atoms with Gasteiger partial charge < -0.3 is 20.0 Å². The van der Waals surface area contributed by atoms with Crippen molar-refractivity contribution >= 4 is 17.6 Å². The van der Waals surface area contributed by atoms with Crippen LogP contribution in [0.5, 0.6) is 0 Å². The van der Waals surface area contributed by atoms with E-state index in [1.165, 1.54) is 16.8 Å². The molecule has 6 heteroatoms. The van der Waals surface area contributed by atoms with E-state index >= 15 is 0 Å². The number of nitrogens with zero attached hydrogens (tertiary/aromatic N) is 4. The Hall–Kier alpha value is -3.02. The number of hydrogen-bond acceptors (Lipinski definition) is 3. The molecule has 30 heavy (non-hydrogen) atoms. The molecule has 158 valence electrons. The largest absolute Gasteiger partial charge is 0.368 e. The Kier molecular flexibility index (Phi) is 6.52. The molecule has 0 radical (unpaired) electrons. The number of hydrogen-bond donors (Lipinski definition) is 1. The lowest BCUT2D eigenvalue weighted by molar-refractivity contribution is -0.131. The zero-order valence-electron chi connectivity index (χ0n) is 17.8. The number of anilines is 1. The van der Waals surface area contributed by atoms with Gasteiger partial charge in [-0.25, -0.2) is 0 Å². The van der Waals surface area contributed by atoms with Gasteiger partial charge in [0.05, 0.1) is 0 Å². The zero-order valence-corrected chi connectivity index (χ0v) is 17.8. The number of carbonyl (C=O) groups is 1. The predicted octanol–water partition coefficient (Wildman–Crippen LogP) is 2.36. The van der Waals surface area contributed by atoms with Gasteiger partial charge in [-0.3, -0.25) is 9.79 Å². The smallest absolute Gasteiger partial charge is 0.224 e. The molecule has 2 aromatic rings. The summed E-state index contributed by atoms with van der Waals surface area (Å²) in [5.74, 6) is 1.10. The van der Waals surface area contributed by atoms with Gasteiger partial charge in [0.25, 0.3) is 0 Å². The van der Waals surface area contributed by atoms with Crippen molar-refractivity contribution in [1.82, 2.24) is 15.1 Å². The first-order chi connectivity index (χ1) is 14.7. The lowest BCUT2D eigenvalue weighted by Crippen LogP contribution is -2.50. The number of fused-ring (bicyclic) bond motifs is 1. The molecule has 2 aromatic carbocycles. The minimum absolute atomic E-state index is 0.217. The van der Waals surface area contributed by atoms with Crippen LogP contribution in [0.2, 0.25) is 0 Å². The van der Waals surface area contributed by atoms with Crippen LogP contribution in [0.25, 0.3) is 0 Å². The molecule has 2 heterocycles. The number of piperazine rings is 1. The normalized spacial score (nSPS) is 17.0. The topological polar surface area (TPSA) is 51.2 Å². The molecule has 1 amide bonds. The summed E-state index contributed by atoms with van der Waals surface area (Å²) in [5.41, 5.74) is 4.02. The van der Waals surface area contributed by atoms with E-state index in [2.05, 4.69) is 68.6 Å². The third-order valence-corrected chi connectivity index (χ3v) is 6.02. The number of para-hydroxylation sites is 1. The fourth-order valence-corrected chi connectivity index (χ4v) is 4.30. The van der Waals surface area contributed by atoms with E-state index in [9.17, 15) is 4.79 Å². The van der Waals surface area contributed by atoms with Crippen molar-refractivity contribution in [3.05, 3.63) is 65.7 Å². The summed E-state index contributed by atoms with van der Waals surface area (Å²) in [4.78, 5) is 23.7. The van der Waals surface area contributed by atoms with Crippen LogP contribution >= 0.6 is 0 Å². The Balaban J connectivity index is 1.22. The molecule has 0 saturated carbocycles. The lowest BCUT2D eigenvalue weighted by atomic mass is 10.0. The van der Waals surface area contributed by atoms with Gasteiger partial charge in [-0.2, -0.15) is 0 Å². The second kappa shape index (κ2) is 9.65. The first kappa shape index (κ1) is 20.3. The van der Waals surface area contributed by atoms with E-state index in [1.807, 2.05) is 18.0 Å². The number of amides is 1. The highest BCUT2D eigenvalue weighted by Crippen LogP contribution is 2.18. The maximum Gasteiger partial charge on any atom is 0.224 e. The first-order valence-electron chi connectivity index (χ1n) is 10.8. The van der Waals surface area contributed by atoms with Crippen LogP contribution in [0, 0.1) is 0 Å². The molecule has 2 aliphatic rings. The highest BCUT2D eigenvalue weighted by atomic mass is 16.2. The van der Waals surface area contributed by atoms with E-state index < -0.39 is 0 Å². The van der Waals surface area contributed by atoms with Gasteiger partial charge in [0, 0.05) is 65.0 Å². The number of aliphatic imine (C=N–C) groups is 1. The van der Waals surface area contributed by atoms with Crippen LogP contribution in [-0.2, 0) is 17.8 Å². The molecule has 0 aliphatic carbocycles. The molecular formula is C24H31N5O. The van der Waals surface area contributed by atoms with Crippen LogP contribution in [0.4, 0.5) is 5.69 Å². The second-order valence-electron chi connectivity index (χ2n) is 7.87. The molecule has 1 saturated heterocycles. The van der Waals surface area contributed by atoms with Crippen LogP contribution < -0.4 is 10.2 Å². The van der Waals surface area contributed by atoms with E-state index in [0.29, 0.717) is 13.0 Å². The molecule has 0 bridgehead atoms. The maximum absolute atomic E-state index is 12.7. The Morgan fingerprint density at radius 1 is 0.900 bits per heavy atom. The van der Waals surface area contributed by atoms with Crippen molar-refractivity contribution in [2.75, 3.05) is 51.2 Å². The molecule has 0 atom stereocenters. The van der Waals surface area contributed by atoms with Gasteiger partial charge in [0.2, 0.25) is 5.91 Å². The minimum Gasteiger partial charge on any atom is -0.368 e. The molecule has 1 N–H and O–H groups in total. The van der Waals surface area contributed by atoms with E-state index in [1.54, 1.807) is 0 Å². The fourth-order valence-electron chi connectivity index (χ4n) is 4.30. The Labute approximate surface area is 179 Å². The molecule has 6 nitrogen and oxygen atoms in total. The van der Waals surface area contributed by atoms with Crippen molar-refractivity contribution in [2.45, 2.75) is 19.4 Å². The minimum atomic E-state index is 0.217. The summed E-state index contributed by atoms with van der Waals surface area (Å²) in [6.07, 6.45) is 1.52. The fraction of sp³-hybridized carbons (Fsp3) is 0.417. The molecule has 0 unspecified atom stereocenters. The number of guanidine groups is 1. The highest BCUT2D eigenvalue weighted by molar-refractivity contribution is 5.81. The zero-order chi connectivity index (χ0) is 20.8. The summed E-state index contributed by atoms with van der Waals surface area (Å²) >= 11 is 0. The van der Waals surface area contributed by atoms with Crippen LogP contribution in [0.1, 0.15) is 17.5 Å². The molecule has 1 fully saturated rings. The van der Waals surface area contributed by atoms with E-state index in [4.69, 9.17) is 0 Å². The summed E-state index contributed by atoms with van der Waals surface area (Å²) in [7, 11) is 1.81. The van der Waals surface area contributed by atoms with Crippen molar-refractivity contribution < 1.29 is 4.79 Å². The summed E-state index contributed by atoms with van der Waals surface area (Å²) < 4.78 is 0. The Morgan fingerprint density at radius 2 is 1.60 bits per heavy atom. The van der Waals surface area contributed by atoms with Crippen LogP contribution in [0.3, 0.4) is 0 Å². The van der Waals surface area contributed by atoms with Crippen molar-refractivity contribution in [3.63, 3.8) is 0 Å². The molecular weight excluding hydrogens is 374 g/mol. The third-order valence-electron chi connectivity index (χ3n) is 6.02. The van der Waals surface area contributed by atoms with Gasteiger partial charge in [0.1, 0.15) is 0 Å². The Bertz CT molecular complexity index is 874. The summed E-state index contributed by atoms with van der Waals surface area (Å²) in [6.45, 7) is 5.77. The van der Waals surface area contributed by atoms with Gasteiger partial charge >= 0.3 is 0 Å². The number of carbonyl (C=O) groups excluding carboxylic acids is 1. The van der Waals surface area contributed by atoms with Crippen LogP contribution in [0.15, 0.2) is 59.6 Å². The lowest BCUT2D eigenvalue weighted by Gasteiger charge is -2.36. The summed E-state index contributed by atoms with van der Waals surface area (Å²) in [6, 6.07) is 19.0. The molecule has 4 rings (SSSR count). The van der Waals surface area contributed by atoms with Crippen molar-refractivity contribution in [1.29, 1.82) is 0 Å². The SMILES string of the molecule is CN=C(NCCC(=O)N1CCN(c2ccccc2)CC1)N1CCc2ccccc2C1. The van der Waals surface area contributed by atoms with Gasteiger partial charge in [0.15, 0.2) is 5.96 Å².